The zero-order valence-electron chi connectivity index (χ0n) is 17.9. The van der Waals surface area contributed by atoms with Gasteiger partial charge in [-0.15, -0.1) is 5.10 Å². The monoisotopic (exact) mass is 493 g/mol. The van der Waals surface area contributed by atoms with Crippen molar-refractivity contribution >= 4 is 51.5 Å². The lowest BCUT2D eigenvalue weighted by molar-refractivity contribution is -0.132. The second kappa shape index (κ2) is 8.50. The minimum atomic E-state index is -0.434. The summed E-state index contributed by atoms with van der Waals surface area (Å²) in [5, 5.41) is 4.47. The van der Waals surface area contributed by atoms with Gasteiger partial charge < -0.3 is 9.47 Å². The van der Waals surface area contributed by atoms with E-state index in [0.717, 1.165) is 5.56 Å². The van der Waals surface area contributed by atoms with E-state index >= 15 is 0 Å². The van der Waals surface area contributed by atoms with Crippen molar-refractivity contribution in [3.05, 3.63) is 55.0 Å². The fraction of sp³-hybridized carbons (Fsp3) is 0.364. The third kappa shape index (κ3) is 4.27. The molecule has 10 heteroatoms. The van der Waals surface area contributed by atoms with Gasteiger partial charge in [-0.05, 0) is 48.1 Å². The summed E-state index contributed by atoms with van der Waals surface area (Å²) in [6.07, 6.45) is 3.54. The first-order chi connectivity index (χ1) is 15.1. The van der Waals surface area contributed by atoms with Crippen molar-refractivity contribution in [3.63, 3.8) is 0 Å². The van der Waals surface area contributed by atoms with Crippen LogP contribution in [0.1, 0.15) is 45.0 Å². The molecule has 0 saturated heterocycles. The van der Waals surface area contributed by atoms with Gasteiger partial charge in [0.05, 0.1) is 11.1 Å². The van der Waals surface area contributed by atoms with E-state index < -0.39 is 5.97 Å². The van der Waals surface area contributed by atoms with Crippen LogP contribution in [0.3, 0.4) is 0 Å². The van der Waals surface area contributed by atoms with E-state index in [1.54, 1.807) is 30.4 Å². The van der Waals surface area contributed by atoms with Crippen LogP contribution < -0.4 is 19.6 Å². The highest BCUT2D eigenvalue weighted by Crippen LogP contribution is 2.64. The molecule has 0 aliphatic heterocycles. The van der Waals surface area contributed by atoms with Gasteiger partial charge in [-0.1, -0.05) is 54.5 Å². The van der Waals surface area contributed by atoms with E-state index in [2.05, 4.69) is 23.9 Å². The van der Waals surface area contributed by atoms with Crippen molar-refractivity contribution in [1.82, 2.24) is 14.6 Å². The Morgan fingerprint density at radius 3 is 2.69 bits per heavy atom. The van der Waals surface area contributed by atoms with Crippen molar-refractivity contribution in [2.24, 2.45) is 11.3 Å². The molecule has 1 saturated carbocycles. The fourth-order valence-electron chi connectivity index (χ4n) is 3.87. The molecule has 32 heavy (non-hydrogen) atoms. The Kier molecular flexibility index (Phi) is 6.04. The number of hydrogen-bond acceptors (Lipinski definition) is 7. The van der Waals surface area contributed by atoms with Crippen molar-refractivity contribution in [1.29, 1.82) is 0 Å². The molecular formula is C22H21Cl2N3O4S. The van der Waals surface area contributed by atoms with Gasteiger partial charge in [-0.3, -0.25) is 9.59 Å². The number of aromatic nitrogens is 3. The number of carbonyl (C=O) groups is 1. The topological polar surface area (TPSA) is 82.8 Å². The first kappa shape index (κ1) is 22.8. The van der Waals surface area contributed by atoms with Gasteiger partial charge in [-0.25, -0.2) is 4.98 Å². The number of esters is 1. The number of thiazole rings is 1. The van der Waals surface area contributed by atoms with Crippen molar-refractivity contribution in [2.75, 3.05) is 6.61 Å². The number of fused-ring (bicyclic) bond motifs is 1. The Morgan fingerprint density at radius 2 is 2.06 bits per heavy atom. The largest absolute Gasteiger partial charge is 0.490 e. The molecule has 1 aliphatic rings. The summed E-state index contributed by atoms with van der Waals surface area (Å²) in [5.41, 5.74) is 0.409. The van der Waals surface area contributed by atoms with Crippen LogP contribution in [0, 0.1) is 11.3 Å². The average molecular weight is 494 g/mol. The predicted octanol–water partition coefficient (Wildman–Crippen LogP) is 4.08. The third-order valence-corrected chi connectivity index (χ3v) is 6.72. The van der Waals surface area contributed by atoms with E-state index in [4.69, 9.17) is 32.7 Å². The van der Waals surface area contributed by atoms with Crippen LogP contribution in [-0.4, -0.2) is 27.2 Å². The Balaban J connectivity index is 1.68. The van der Waals surface area contributed by atoms with Crippen LogP contribution >= 0.6 is 34.5 Å². The average Bonchev–Trinajstić information content (AvgIpc) is 2.98. The molecule has 0 unspecified atom stereocenters. The molecule has 1 aromatic carbocycles. The molecule has 0 radical (unpaired) electrons. The summed E-state index contributed by atoms with van der Waals surface area (Å²) in [5.74, 6) is 1.12. The van der Waals surface area contributed by atoms with Gasteiger partial charge in [0.15, 0.2) is 17.3 Å². The standard InChI is InChI=1S/C22H21Cl2N3O4S/c1-5-30-15-8-12(6-7-14(15)31-11(2)28)9-16-20(29)27-21(32-16)25-19(26-27)18-13(10-17(23)24)22(18,3)4/h6-10,13,18H,5H2,1-4H3/b16-9+/t13-,18-/m0/s1. The number of rotatable bonds is 6. The highest BCUT2D eigenvalue weighted by molar-refractivity contribution is 7.15. The summed E-state index contributed by atoms with van der Waals surface area (Å²) in [4.78, 5) is 29.3. The van der Waals surface area contributed by atoms with Crippen LogP contribution in [0.2, 0.25) is 0 Å². The fourth-order valence-corrected chi connectivity index (χ4v) is 5.06. The van der Waals surface area contributed by atoms with Gasteiger partial charge in [0, 0.05) is 12.8 Å². The van der Waals surface area contributed by atoms with Crippen molar-refractivity contribution in [2.45, 2.75) is 33.6 Å². The molecule has 1 aliphatic carbocycles. The van der Waals surface area contributed by atoms with E-state index in [1.807, 2.05) is 6.92 Å². The van der Waals surface area contributed by atoms with Gasteiger partial charge in [0.2, 0.25) is 4.96 Å². The number of benzene rings is 1. The molecule has 0 bridgehead atoms. The van der Waals surface area contributed by atoms with Crippen LogP contribution in [-0.2, 0) is 4.79 Å². The van der Waals surface area contributed by atoms with Gasteiger partial charge in [0.25, 0.3) is 5.56 Å². The lowest BCUT2D eigenvalue weighted by atomic mass is 10.1. The number of carbonyl (C=O) groups excluding carboxylic acids is 1. The van der Waals surface area contributed by atoms with Crippen LogP contribution in [0.25, 0.3) is 11.0 Å². The van der Waals surface area contributed by atoms with Crippen LogP contribution in [0.4, 0.5) is 0 Å². The number of ether oxygens (including phenoxy) is 2. The van der Waals surface area contributed by atoms with Crippen molar-refractivity contribution in [3.8, 4) is 11.5 Å². The normalized spacial score (nSPS) is 19.8. The molecule has 168 valence electrons. The van der Waals surface area contributed by atoms with Gasteiger partial charge in [-0.2, -0.15) is 4.52 Å². The van der Waals surface area contributed by atoms with Crippen LogP contribution in [0.5, 0.6) is 11.5 Å². The van der Waals surface area contributed by atoms with E-state index in [-0.39, 0.29) is 27.3 Å². The lowest BCUT2D eigenvalue weighted by Crippen LogP contribution is -2.23. The minimum Gasteiger partial charge on any atom is -0.490 e. The van der Waals surface area contributed by atoms with Gasteiger partial charge >= 0.3 is 5.97 Å². The number of halogens is 2. The SMILES string of the molecule is CCOc1cc(/C=c2/sc3nc([C@@H]4[C@H](C=C(Cl)Cl)C4(C)C)nn3c2=O)ccc1OC(C)=O. The Labute approximate surface area is 198 Å². The molecular weight excluding hydrogens is 473 g/mol. The maximum absolute atomic E-state index is 12.9. The molecule has 4 rings (SSSR count). The molecule has 2 aromatic heterocycles. The maximum Gasteiger partial charge on any atom is 0.308 e. The Bertz CT molecular complexity index is 1340. The molecule has 7 nitrogen and oxygen atoms in total. The summed E-state index contributed by atoms with van der Waals surface area (Å²) >= 11 is 12.9. The number of nitrogens with zero attached hydrogens (tertiary/aromatic N) is 3. The first-order valence-corrected chi connectivity index (χ1v) is 11.6. The van der Waals surface area contributed by atoms with E-state index in [9.17, 15) is 9.59 Å². The molecule has 0 spiro atoms. The predicted molar refractivity (Wildman–Crippen MR) is 125 cm³/mol. The zero-order valence-corrected chi connectivity index (χ0v) is 20.2. The van der Waals surface area contributed by atoms with E-state index in [0.29, 0.717) is 33.4 Å². The minimum absolute atomic E-state index is 0.0523. The molecule has 2 heterocycles. The van der Waals surface area contributed by atoms with Crippen molar-refractivity contribution < 1.29 is 14.3 Å². The second-order valence-corrected chi connectivity index (χ2v) is 10.1. The zero-order chi connectivity index (χ0) is 23.2. The van der Waals surface area contributed by atoms with Crippen LogP contribution in [0.15, 0.2) is 33.6 Å². The molecule has 0 N–H and O–H groups in total. The Hall–Kier alpha value is -2.42. The second-order valence-electron chi connectivity index (χ2n) is 8.09. The maximum atomic E-state index is 12.9. The molecule has 2 atom stereocenters. The molecule has 1 fully saturated rings. The molecule has 3 aromatic rings. The highest BCUT2D eigenvalue weighted by Gasteiger charge is 2.59. The van der Waals surface area contributed by atoms with Gasteiger partial charge in [0.1, 0.15) is 4.49 Å². The first-order valence-electron chi connectivity index (χ1n) is 10.0. The lowest BCUT2D eigenvalue weighted by Gasteiger charge is -2.10. The summed E-state index contributed by atoms with van der Waals surface area (Å²) < 4.78 is 12.8. The number of allylic oxidation sites excluding steroid dienone is 1. The third-order valence-electron chi connectivity index (χ3n) is 5.51. The molecule has 0 amide bonds. The highest BCUT2D eigenvalue weighted by atomic mass is 35.5. The van der Waals surface area contributed by atoms with E-state index in [1.165, 1.54) is 22.8 Å². The Morgan fingerprint density at radius 1 is 1.31 bits per heavy atom. The summed E-state index contributed by atoms with van der Waals surface area (Å²) in [6, 6.07) is 5.12. The smallest absolute Gasteiger partial charge is 0.308 e. The quantitative estimate of drug-likeness (QED) is 0.380. The summed E-state index contributed by atoms with van der Waals surface area (Å²) in [7, 11) is 0. The summed E-state index contributed by atoms with van der Waals surface area (Å²) in [6.45, 7) is 7.76. The number of hydrogen-bond donors (Lipinski definition) is 0.